The van der Waals surface area contributed by atoms with E-state index in [0.29, 0.717) is 12.5 Å². The van der Waals surface area contributed by atoms with Gasteiger partial charge in [-0.15, -0.1) is 0 Å². The summed E-state index contributed by atoms with van der Waals surface area (Å²) < 4.78 is 2.88. The first-order valence-corrected chi connectivity index (χ1v) is 7.39. The van der Waals surface area contributed by atoms with E-state index in [9.17, 15) is 4.79 Å². The maximum absolute atomic E-state index is 11.9. The van der Waals surface area contributed by atoms with E-state index in [-0.39, 0.29) is 5.91 Å². The first-order valence-electron chi connectivity index (χ1n) is 6.31. The van der Waals surface area contributed by atoms with E-state index in [0.717, 1.165) is 29.4 Å². The lowest BCUT2D eigenvalue weighted by Gasteiger charge is -2.32. The van der Waals surface area contributed by atoms with Crippen molar-refractivity contribution in [1.82, 2.24) is 15.1 Å². The first-order chi connectivity index (χ1) is 8.58. The largest absolute Gasteiger partial charge is 0.368 e. The van der Waals surface area contributed by atoms with Gasteiger partial charge in [0.1, 0.15) is 5.54 Å². The van der Waals surface area contributed by atoms with Crippen LogP contribution in [0.1, 0.15) is 26.2 Å². The van der Waals surface area contributed by atoms with Gasteiger partial charge < -0.3 is 11.1 Å². The van der Waals surface area contributed by atoms with Crippen LogP contribution in [0, 0.1) is 9.49 Å². The summed E-state index contributed by atoms with van der Waals surface area (Å²) in [5, 5.41) is 7.63. The van der Waals surface area contributed by atoms with Crippen molar-refractivity contribution in [2.45, 2.75) is 38.3 Å². The summed E-state index contributed by atoms with van der Waals surface area (Å²) in [5.74, 6) is 0.0902. The van der Waals surface area contributed by atoms with Crippen LogP contribution in [-0.4, -0.2) is 27.8 Å². The molecule has 1 aliphatic rings. The number of carbonyl (C=O) groups excluding carboxylic acids is 1. The van der Waals surface area contributed by atoms with E-state index in [1.807, 2.05) is 10.9 Å². The van der Waals surface area contributed by atoms with Gasteiger partial charge in [0.25, 0.3) is 0 Å². The number of nitrogens with two attached hydrogens (primary N) is 1. The Hall–Kier alpha value is -0.630. The Kier molecular flexibility index (Phi) is 4.26. The summed E-state index contributed by atoms with van der Waals surface area (Å²) in [5.41, 5.74) is 5.03. The highest BCUT2D eigenvalue weighted by Gasteiger charge is 2.49. The van der Waals surface area contributed by atoms with Crippen LogP contribution in [-0.2, 0) is 11.3 Å². The molecule has 5 nitrogen and oxygen atoms in total. The molecule has 100 valence electrons. The number of primary amides is 1. The maximum Gasteiger partial charge on any atom is 0.239 e. The van der Waals surface area contributed by atoms with Gasteiger partial charge in [-0.25, -0.2) is 0 Å². The minimum atomic E-state index is -0.634. The molecular formula is C12H19IN4O. The van der Waals surface area contributed by atoms with Crippen molar-refractivity contribution in [3.8, 4) is 0 Å². The number of nitrogens with zero attached hydrogens (tertiary/aromatic N) is 2. The van der Waals surface area contributed by atoms with E-state index in [1.165, 1.54) is 0 Å². The average molecular weight is 362 g/mol. The Morgan fingerprint density at radius 1 is 1.72 bits per heavy atom. The van der Waals surface area contributed by atoms with Gasteiger partial charge in [-0.1, -0.05) is 6.92 Å². The second-order valence-electron chi connectivity index (χ2n) is 4.89. The molecule has 1 aromatic rings. The summed E-state index contributed by atoms with van der Waals surface area (Å²) in [6, 6.07) is 0. The standard InChI is InChI=1S/C12H19IN4O/c1-2-5-15-12(11(14)18,9-3-4-9)8-17-7-10(13)6-16-17/h6-7,9,15H,2-5,8H2,1H3,(H2,14,18). The van der Waals surface area contributed by atoms with Crippen molar-refractivity contribution in [2.75, 3.05) is 6.54 Å². The molecule has 0 aromatic carbocycles. The van der Waals surface area contributed by atoms with Crippen molar-refractivity contribution in [2.24, 2.45) is 11.7 Å². The molecule has 0 aliphatic heterocycles. The number of carbonyl (C=O) groups is 1. The molecule has 1 atom stereocenters. The summed E-state index contributed by atoms with van der Waals surface area (Å²) in [7, 11) is 0. The van der Waals surface area contributed by atoms with Gasteiger partial charge in [-0.3, -0.25) is 9.48 Å². The third kappa shape index (κ3) is 2.85. The van der Waals surface area contributed by atoms with Gasteiger partial charge in [-0.2, -0.15) is 5.10 Å². The van der Waals surface area contributed by atoms with Gasteiger partial charge in [-0.05, 0) is 54.3 Å². The summed E-state index contributed by atoms with van der Waals surface area (Å²) in [6.07, 6.45) is 6.85. The molecule has 3 N–H and O–H groups in total. The van der Waals surface area contributed by atoms with Crippen LogP contribution in [0.15, 0.2) is 12.4 Å². The molecule has 0 saturated heterocycles. The second-order valence-corrected chi connectivity index (χ2v) is 6.14. The van der Waals surface area contributed by atoms with Gasteiger partial charge >= 0.3 is 0 Å². The molecule has 6 heteroatoms. The average Bonchev–Trinajstić information content (AvgIpc) is 3.09. The van der Waals surface area contributed by atoms with Crippen LogP contribution in [0.2, 0.25) is 0 Å². The van der Waals surface area contributed by atoms with Crippen molar-refractivity contribution in [3.63, 3.8) is 0 Å². The van der Waals surface area contributed by atoms with E-state index in [4.69, 9.17) is 5.73 Å². The fourth-order valence-electron chi connectivity index (χ4n) is 2.30. The maximum atomic E-state index is 11.9. The number of amides is 1. The Balaban J connectivity index is 2.19. The smallest absolute Gasteiger partial charge is 0.239 e. The first kappa shape index (κ1) is 13.8. The van der Waals surface area contributed by atoms with Crippen molar-refractivity contribution in [3.05, 3.63) is 16.0 Å². The Morgan fingerprint density at radius 3 is 2.89 bits per heavy atom. The molecule has 1 aliphatic carbocycles. The lowest BCUT2D eigenvalue weighted by Crippen LogP contribution is -2.60. The molecule has 1 heterocycles. The minimum Gasteiger partial charge on any atom is -0.368 e. The van der Waals surface area contributed by atoms with Gasteiger partial charge in [0, 0.05) is 6.20 Å². The van der Waals surface area contributed by atoms with Gasteiger partial charge in [0.15, 0.2) is 0 Å². The fraction of sp³-hybridized carbons (Fsp3) is 0.667. The second kappa shape index (κ2) is 5.56. The van der Waals surface area contributed by atoms with Crippen LogP contribution in [0.25, 0.3) is 0 Å². The molecular weight excluding hydrogens is 343 g/mol. The van der Waals surface area contributed by atoms with Crippen LogP contribution >= 0.6 is 22.6 Å². The van der Waals surface area contributed by atoms with Gasteiger partial charge in [0.05, 0.1) is 16.3 Å². The van der Waals surface area contributed by atoms with E-state index >= 15 is 0 Å². The minimum absolute atomic E-state index is 0.260. The number of rotatable bonds is 7. The van der Waals surface area contributed by atoms with Crippen molar-refractivity contribution in [1.29, 1.82) is 0 Å². The molecule has 0 radical (unpaired) electrons. The summed E-state index contributed by atoms with van der Waals surface area (Å²) in [6.45, 7) is 3.41. The molecule has 18 heavy (non-hydrogen) atoms. The highest BCUT2D eigenvalue weighted by Crippen LogP contribution is 2.40. The number of hydrogen-bond acceptors (Lipinski definition) is 3. The normalized spacial score (nSPS) is 18.6. The molecule has 1 amide bonds. The number of hydrogen-bond donors (Lipinski definition) is 2. The van der Waals surface area contributed by atoms with E-state index in [2.05, 4.69) is 39.9 Å². The quantitative estimate of drug-likeness (QED) is 0.714. The topological polar surface area (TPSA) is 72.9 Å². The highest BCUT2D eigenvalue weighted by atomic mass is 127. The predicted octanol–water partition coefficient (Wildman–Crippen LogP) is 1.12. The van der Waals surface area contributed by atoms with Crippen molar-refractivity contribution >= 4 is 28.5 Å². The van der Waals surface area contributed by atoms with Crippen LogP contribution in [0.5, 0.6) is 0 Å². The Morgan fingerprint density at radius 2 is 2.44 bits per heavy atom. The molecule has 0 bridgehead atoms. The number of aromatic nitrogens is 2. The Bertz CT molecular complexity index is 429. The highest BCUT2D eigenvalue weighted by molar-refractivity contribution is 14.1. The fourth-order valence-corrected chi connectivity index (χ4v) is 2.75. The van der Waals surface area contributed by atoms with Crippen LogP contribution in [0.4, 0.5) is 0 Å². The van der Waals surface area contributed by atoms with E-state index < -0.39 is 5.54 Å². The predicted molar refractivity (Wildman–Crippen MR) is 77.9 cm³/mol. The van der Waals surface area contributed by atoms with Crippen LogP contribution in [0.3, 0.4) is 0 Å². The number of nitrogens with one attached hydrogen (secondary N) is 1. The molecule has 1 saturated carbocycles. The van der Waals surface area contributed by atoms with Crippen LogP contribution < -0.4 is 11.1 Å². The van der Waals surface area contributed by atoms with Crippen molar-refractivity contribution < 1.29 is 4.79 Å². The molecule has 1 fully saturated rings. The van der Waals surface area contributed by atoms with Gasteiger partial charge in [0.2, 0.25) is 5.91 Å². The lowest BCUT2D eigenvalue weighted by molar-refractivity contribution is -0.126. The SMILES string of the molecule is CCCNC(Cn1cc(I)cn1)(C(N)=O)C1CC1. The Labute approximate surface area is 121 Å². The molecule has 0 spiro atoms. The summed E-state index contributed by atoms with van der Waals surface area (Å²) in [4.78, 5) is 11.9. The third-order valence-corrected chi connectivity index (χ3v) is 3.97. The molecule has 1 unspecified atom stereocenters. The number of halogens is 1. The zero-order chi connectivity index (χ0) is 13.2. The monoisotopic (exact) mass is 362 g/mol. The lowest BCUT2D eigenvalue weighted by atomic mass is 9.92. The zero-order valence-corrected chi connectivity index (χ0v) is 12.7. The third-order valence-electron chi connectivity index (χ3n) is 3.42. The zero-order valence-electron chi connectivity index (χ0n) is 10.5. The molecule has 1 aromatic heterocycles. The molecule has 2 rings (SSSR count). The summed E-state index contributed by atoms with van der Waals surface area (Å²) >= 11 is 2.21. The van der Waals surface area contributed by atoms with E-state index in [1.54, 1.807) is 6.20 Å².